The smallest absolute Gasteiger partial charge is 0.230 e. The second-order valence-electron chi connectivity index (χ2n) is 5.48. The van der Waals surface area contributed by atoms with Crippen LogP contribution in [-0.4, -0.2) is 22.2 Å². The van der Waals surface area contributed by atoms with E-state index in [-0.39, 0.29) is 11.7 Å². The molecule has 1 aromatic carbocycles. The molecule has 2 rings (SSSR count). The van der Waals surface area contributed by atoms with Crippen LogP contribution in [0, 0.1) is 5.82 Å². The molecule has 0 aliphatic carbocycles. The molecule has 0 aliphatic rings. The minimum atomic E-state index is -0.892. The molecule has 4 nitrogen and oxygen atoms in total. The number of carbonyl (C=O) groups excluding carboxylic acids is 1. The molecule has 1 aromatic heterocycles. The zero-order chi connectivity index (χ0) is 15.3. The third-order valence-electron chi connectivity index (χ3n) is 3.52. The summed E-state index contributed by atoms with van der Waals surface area (Å²) in [6, 6.07) is 8.25. The predicted molar refractivity (Wildman–Crippen MR) is 79.3 cm³/mol. The second kappa shape index (κ2) is 6.52. The van der Waals surface area contributed by atoms with Crippen LogP contribution in [0.2, 0.25) is 0 Å². The molecule has 5 heteroatoms. The number of rotatable bonds is 6. The molecule has 1 N–H and O–H groups in total. The van der Waals surface area contributed by atoms with E-state index in [1.807, 2.05) is 16.9 Å². The van der Waals surface area contributed by atoms with Crippen molar-refractivity contribution in [2.75, 3.05) is 6.54 Å². The standard InChI is InChI=1S/C16H20FN3O/c1-16(2,13-7-3-4-8-14(13)17)15(21)18-9-5-11-20-12-6-10-19-20/h3-4,6-8,10,12H,5,9,11H2,1-2H3,(H,18,21). The van der Waals surface area contributed by atoms with Gasteiger partial charge in [-0.25, -0.2) is 4.39 Å². The van der Waals surface area contributed by atoms with Crippen molar-refractivity contribution in [2.24, 2.45) is 0 Å². The largest absolute Gasteiger partial charge is 0.355 e. The molecule has 21 heavy (non-hydrogen) atoms. The number of amides is 1. The van der Waals surface area contributed by atoms with Crippen molar-refractivity contribution in [2.45, 2.75) is 32.2 Å². The summed E-state index contributed by atoms with van der Waals surface area (Å²) in [6.45, 7) is 4.74. The zero-order valence-electron chi connectivity index (χ0n) is 12.3. The molecule has 0 saturated heterocycles. The average Bonchev–Trinajstić information content (AvgIpc) is 2.96. The molecule has 1 heterocycles. The van der Waals surface area contributed by atoms with Crippen LogP contribution in [0.4, 0.5) is 4.39 Å². The molecule has 0 unspecified atom stereocenters. The van der Waals surface area contributed by atoms with Crippen LogP contribution in [0.25, 0.3) is 0 Å². The van der Waals surface area contributed by atoms with Crippen molar-refractivity contribution >= 4 is 5.91 Å². The Labute approximate surface area is 124 Å². The lowest BCUT2D eigenvalue weighted by atomic mass is 9.83. The first kappa shape index (κ1) is 15.2. The normalized spacial score (nSPS) is 11.4. The lowest BCUT2D eigenvalue weighted by molar-refractivity contribution is -0.125. The molecule has 0 fully saturated rings. The molecule has 0 bridgehead atoms. The highest BCUT2D eigenvalue weighted by molar-refractivity contribution is 5.87. The molecule has 0 saturated carbocycles. The summed E-state index contributed by atoms with van der Waals surface area (Å²) in [5.41, 5.74) is -0.480. The maximum atomic E-state index is 13.8. The molecule has 0 spiro atoms. The minimum Gasteiger partial charge on any atom is -0.355 e. The Morgan fingerprint density at radius 2 is 2.10 bits per heavy atom. The van der Waals surface area contributed by atoms with Gasteiger partial charge in [-0.1, -0.05) is 18.2 Å². The van der Waals surface area contributed by atoms with Crippen molar-refractivity contribution in [3.63, 3.8) is 0 Å². The highest BCUT2D eigenvalue weighted by atomic mass is 19.1. The number of aromatic nitrogens is 2. The van der Waals surface area contributed by atoms with Crippen LogP contribution in [0.3, 0.4) is 0 Å². The van der Waals surface area contributed by atoms with E-state index in [0.29, 0.717) is 12.1 Å². The Bertz CT molecular complexity index is 593. The Hall–Kier alpha value is -2.17. The summed E-state index contributed by atoms with van der Waals surface area (Å²) in [5, 5.41) is 6.96. The summed E-state index contributed by atoms with van der Waals surface area (Å²) in [4.78, 5) is 12.3. The van der Waals surface area contributed by atoms with Crippen molar-refractivity contribution in [1.82, 2.24) is 15.1 Å². The first-order valence-electron chi connectivity index (χ1n) is 7.02. The number of nitrogens with one attached hydrogen (secondary N) is 1. The van der Waals surface area contributed by atoms with E-state index in [0.717, 1.165) is 13.0 Å². The van der Waals surface area contributed by atoms with Gasteiger partial charge in [0.15, 0.2) is 0 Å². The van der Waals surface area contributed by atoms with E-state index in [1.54, 1.807) is 38.2 Å². The SMILES string of the molecule is CC(C)(C(=O)NCCCn1cccn1)c1ccccc1F. The van der Waals surface area contributed by atoms with Gasteiger partial charge in [0, 0.05) is 31.0 Å². The predicted octanol–water partition coefficient (Wildman–Crippen LogP) is 2.51. The highest BCUT2D eigenvalue weighted by Gasteiger charge is 2.31. The fraction of sp³-hybridized carbons (Fsp3) is 0.375. The van der Waals surface area contributed by atoms with Gasteiger partial charge in [-0.15, -0.1) is 0 Å². The quantitative estimate of drug-likeness (QED) is 0.831. The third kappa shape index (κ3) is 3.68. The van der Waals surface area contributed by atoms with Crippen LogP contribution < -0.4 is 5.32 Å². The Balaban J connectivity index is 1.88. The Morgan fingerprint density at radius 1 is 1.33 bits per heavy atom. The van der Waals surface area contributed by atoms with Crippen molar-refractivity contribution in [3.05, 3.63) is 54.1 Å². The maximum absolute atomic E-state index is 13.8. The summed E-state index contributed by atoms with van der Waals surface area (Å²) < 4.78 is 15.6. The molecule has 1 amide bonds. The van der Waals surface area contributed by atoms with Gasteiger partial charge in [-0.05, 0) is 32.4 Å². The summed E-state index contributed by atoms with van der Waals surface area (Å²) in [5.74, 6) is -0.526. The van der Waals surface area contributed by atoms with E-state index < -0.39 is 5.41 Å². The number of halogens is 1. The first-order valence-corrected chi connectivity index (χ1v) is 7.02. The van der Waals surface area contributed by atoms with Crippen molar-refractivity contribution in [1.29, 1.82) is 0 Å². The van der Waals surface area contributed by atoms with E-state index in [2.05, 4.69) is 10.4 Å². The Morgan fingerprint density at radius 3 is 2.76 bits per heavy atom. The summed E-state index contributed by atoms with van der Waals surface area (Å²) in [7, 11) is 0. The number of hydrogen-bond acceptors (Lipinski definition) is 2. The number of aryl methyl sites for hydroxylation is 1. The number of carbonyl (C=O) groups is 1. The topological polar surface area (TPSA) is 46.9 Å². The van der Waals surface area contributed by atoms with Gasteiger partial charge in [0.05, 0.1) is 5.41 Å². The van der Waals surface area contributed by atoms with Gasteiger partial charge in [0.1, 0.15) is 5.82 Å². The minimum absolute atomic E-state index is 0.173. The molecule has 112 valence electrons. The monoisotopic (exact) mass is 289 g/mol. The van der Waals surface area contributed by atoms with Gasteiger partial charge < -0.3 is 5.32 Å². The molecule has 0 aliphatic heterocycles. The zero-order valence-corrected chi connectivity index (χ0v) is 12.3. The van der Waals surface area contributed by atoms with Crippen LogP contribution in [0.15, 0.2) is 42.7 Å². The molecular weight excluding hydrogens is 269 g/mol. The van der Waals surface area contributed by atoms with Crippen molar-refractivity contribution in [3.8, 4) is 0 Å². The highest BCUT2D eigenvalue weighted by Crippen LogP contribution is 2.25. The second-order valence-corrected chi connectivity index (χ2v) is 5.48. The van der Waals surface area contributed by atoms with Gasteiger partial charge in [0.2, 0.25) is 5.91 Å². The lowest BCUT2D eigenvalue weighted by Gasteiger charge is -2.24. The van der Waals surface area contributed by atoms with Crippen molar-refractivity contribution < 1.29 is 9.18 Å². The first-order chi connectivity index (χ1) is 10.0. The molecule has 0 radical (unpaired) electrons. The van der Waals surface area contributed by atoms with Crippen LogP contribution in [0.1, 0.15) is 25.8 Å². The fourth-order valence-corrected chi connectivity index (χ4v) is 2.19. The van der Waals surface area contributed by atoms with Crippen LogP contribution in [-0.2, 0) is 16.8 Å². The van der Waals surface area contributed by atoms with Gasteiger partial charge in [-0.2, -0.15) is 5.10 Å². The van der Waals surface area contributed by atoms with E-state index >= 15 is 0 Å². The molecule has 0 atom stereocenters. The van der Waals surface area contributed by atoms with E-state index in [9.17, 15) is 9.18 Å². The number of benzene rings is 1. The Kier molecular flexibility index (Phi) is 4.73. The van der Waals surface area contributed by atoms with Gasteiger partial charge >= 0.3 is 0 Å². The maximum Gasteiger partial charge on any atom is 0.230 e. The fourth-order valence-electron chi connectivity index (χ4n) is 2.19. The summed E-state index contributed by atoms with van der Waals surface area (Å²) >= 11 is 0. The lowest BCUT2D eigenvalue weighted by Crippen LogP contribution is -2.41. The average molecular weight is 289 g/mol. The summed E-state index contributed by atoms with van der Waals surface area (Å²) in [6.07, 6.45) is 4.38. The number of hydrogen-bond donors (Lipinski definition) is 1. The van der Waals surface area contributed by atoms with Gasteiger partial charge in [-0.3, -0.25) is 9.48 Å². The number of nitrogens with zero attached hydrogens (tertiary/aromatic N) is 2. The molecular formula is C16H20FN3O. The van der Waals surface area contributed by atoms with E-state index in [1.165, 1.54) is 6.07 Å². The van der Waals surface area contributed by atoms with E-state index in [4.69, 9.17) is 0 Å². The molecule has 2 aromatic rings. The van der Waals surface area contributed by atoms with Crippen LogP contribution in [0.5, 0.6) is 0 Å². The van der Waals surface area contributed by atoms with Crippen LogP contribution >= 0.6 is 0 Å². The van der Waals surface area contributed by atoms with Gasteiger partial charge in [0.25, 0.3) is 0 Å². The third-order valence-corrected chi connectivity index (χ3v) is 3.52.